The van der Waals surface area contributed by atoms with E-state index in [1.165, 1.54) is 0 Å². The SMILES string of the molecule is Cc1ccccc1N=c1oc2ccc(Br)cc2cc1C(=O)NCC1CCCO1. The second kappa shape index (κ2) is 8.29. The third-order valence-electron chi connectivity index (χ3n) is 4.81. The van der Waals surface area contributed by atoms with E-state index in [9.17, 15) is 4.79 Å². The van der Waals surface area contributed by atoms with E-state index in [1.54, 1.807) is 0 Å². The van der Waals surface area contributed by atoms with Gasteiger partial charge in [0.15, 0.2) is 0 Å². The largest absolute Gasteiger partial charge is 0.438 e. The highest BCUT2D eigenvalue weighted by molar-refractivity contribution is 9.10. The van der Waals surface area contributed by atoms with E-state index >= 15 is 0 Å². The Bertz CT molecular complexity index is 1080. The standard InChI is InChI=1S/C22H21BrN2O3/c1-14-5-2-3-7-19(14)25-22-18(21(26)24-13-17-6-4-10-27-17)12-15-11-16(23)8-9-20(15)28-22/h2-3,5,7-9,11-12,17H,4,6,10,13H2,1H3,(H,24,26). The first-order chi connectivity index (χ1) is 13.6. The van der Waals surface area contributed by atoms with Crippen LogP contribution in [0.1, 0.15) is 28.8 Å². The Morgan fingerprint density at radius 3 is 2.89 bits per heavy atom. The van der Waals surface area contributed by atoms with Crippen LogP contribution in [0.3, 0.4) is 0 Å². The Kier molecular flexibility index (Phi) is 5.59. The Morgan fingerprint density at radius 2 is 2.11 bits per heavy atom. The molecule has 0 aliphatic carbocycles. The maximum Gasteiger partial charge on any atom is 0.256 e. The highest BCUT2D eigenvalue weighted by Gasteiger charge is 2.18. The highest BCUT2D eigenvalue weighted by atomic mass is 79.9. The molecule has 1 fully saturated rings. The molecule has 0 saturated carbocycles. The molecule has 3 aromatic rings. The molecule has 144 valence electrons. The summed E-state index contributed by atoms with van der Waals surface area (Å²) in [7, 11) is 0. The van der Waals surface area contributed by atoms with Crippen LogP contribution in [0.5, 0.6) is 0 Å². The van der Waals surface area contributed by atoms with Gasteiger partial charge < -0.3 is 14.5 Å². The molecule has 6 heteroatoms. The van der Waals surface area contributed by atoms with Gasteiger partial charge in [-0.05, 0) is 55.7 Å². The molecule has 28 heavy (non-hydrogen) atoms. The first-order valence-corrected chi connectivity index (χ1v) is 10.1. The number of ether oxygens (including phenoxy) is 1. The predicted octanol–water partition coefficient (Wildman–Crippen LogP) is 4.64. The lowest BCUT2D eigenvalue weighted by atomic mass is 10.1. The lowest BCUT2D eigenvalue weighted by molar-refractivity contribution is 0.0854. The molecule has 1 saturated heterocycles. The number of halogens is 1. The minimum atomic E-state index is -0.214. The second-order valence-electron chi connectivity index (χ2n) is 6.89. The van der Waals surface area contributed by atoms with Crippen molar-refractivity contribution in [3.05, 3.63) is 69.7 Å². The van der Waals surface area contributed by atoms with Crippen LogP contribution in [0.2, 0.25) is 0 Å². The van der Waals surface area contributed by atoms with Crippen molar-refractivity contribution >= 4 is 38.5 Å². The van der Waals surface area contributed by atoms with Crippen molar-refractivity contribution < 1.29 is 13.9 Å². The van der Waals surface area contributed by atoms with Crippen molar-refractivity contribution in [1.82, 2.24) is 5.32 Å². The van der Waals surface area contributed by atoms with Crippen LogP contribution in [0.15, 0.2) is 62.4 Å². The van der Waals surface area contributed by atoms with Gasteiger partial charge in [0.1, 0.15) is 11.1 Å². The average molecular weight is 441 g/mol. The first-order valence-electron chi connectivity index (χ1n) is 9.34. The average Bonchev–Trinajstić information content (AvgIpc) is 3.21. The van der Waals surface area contributed by atoms with Crippen LogP contribution in [0, 0.1) is 6.92 Å². The van der Waals surface area contributed by atoms with Gasteiger partial charge in [-0.2, -0.15) is 0 Å². The summed E-state index contributed by atoms with van der Waals surface area (Å²) in [6.45, 7) is 3.22. The lowest BCUT2D eigenvalue weighted by Gasteiger charge is -2.11. The summed E-state index contributed by atoms with van der Waals surface area (Å²) in [5, 5.41) is 3.80. The number of nitrogens with one attached hydrogen (secondary N) is 1. The number of para-hydroxylation sites is 1. The van der Waals surface area contributed by atoms with E-state index in [1.807, 2.05) is 55.5 Å². The van der Waals surface area contributed by atoms with E-state index < -0.39 is 0 Å². The number of aryl methyl sites for hydroxylation is 1. The summed E-state index contributed by atoms with van der Waals surface area (Å²) >= 11 is 3.47. The zero-order valence-corrected chi connectivity index (χ0v) is 17.2. The van der Waals surface area contributed by atoms with Gasteiger partial charge in [0.25, 0.3) is 5.91 Å². The predicted molar refractivity (Wildman–Crippen MR) is 112 cm³/mol. The van der Waals surface area contributed by atoms with E-state index in [2.05, 4.69) is 26.2 Å². The fraction of sp³-hybridized carbons (Fsp3) is 0.273. The summed E-state index contributed by atoms with van der Waals surface area (Å²) < 4.78 is 12.5. The lowest BCUT2D eigenvalue weighted by Crippen LogP contribution is -2.34. The van der Waals surface area contributed by atoms with Gasteiger partial charge in [-0.25, -0.2) is 4.99 Å². The first kappa shape index (κ1) is 18.9. The zero-order valence-electron chi connectivity index (χ0n) is 15.6. The van der Waals surface area contributed by atoms with Crippen molar-refractivity contribution in [1.29, 1.82) is 0 Å². The number of fused-ring (bicyclic) bond motifs is 1. The number of hydrogen-bond acceptors (Lipinski definition) is 4. The fourth-order valence-electron chi connectivity index (χ4n) is 3.25. The zero-order chi connectivity index (χ0) is 19.5. The van der Waals surface area contributed by atoms with Gasteiger partial charge in [-0.3, -0.25) is 4.79 Å². The number of nitrogens with zero attached hydrogens (tertiary/aromatic N) is 1. The fourth-order valence-corrected chi connectivity index (χ4v) is 3.63. The molecule has 5 nitrogen and oxygen atoms in total. The summed E-state index contributed by atoms with van der Waals surface area (Å²) in [5.41, 5.74) is 3.17. The maximum atomic E-state index is 12.9. The Morgan fingerprint density at radius 1 is 1.25 bits per heavy atom. The number of hydrogen-bond donors (Lipinski definition) is 1. The van der Waals surface area contributed by atoms with Crippen molar-refractivity contribution in [2.24, 2.45) is 4.99 Å². The minimum absolute atomic E-state index is 0.0762. The number of benzene rings is 2. The summed E-state index contributed by atoms with van der Waals surface area (Å²) in [4.78, 5) is 17.6. The molecule has 2 heterocycles. The van der Waals surface area contributed by atoms with E-state index in [4.69, 9.17) is 9.15 Å². The van der Waals surface area contributed by atoms with Crippen LogP contribution in [-0.4, -0.2) is 25.2 Å². The number of carbonyl (C=O) groups is 1. The van der Waals surface area contributed by atoms with Gasteiger partial charge in [-0.1, -0.05) is 34.1 Å². The quantitative estimate of drug-likeness (QED) is 0.642. The van der Waals surface area contributed by atoms with Crippen molar-refractivity contribution in [3.63, 3.8) is 0 Å². The Hall–Kier alpha value is -2.44. The van der Waals surface area contributed by atoms with Gasteiger partial charge in [-0.15, -0.1) is 0 Å². The van der Waals surface area contributed by atoms with Gasteiger partial charge in [0.2, 0.25) is 5.55 Å². The van der Waals surface area contributed by atoms with Gasteiger partial charge in [0.05, 0.1) is 11.8 Å². The van der Waals surface area contributed by atoms with Crippen LogP contribution in [0.25, 0.3) is 11.0 Å². The smallest absolute Gasteiger partial charge is 0.256 e. The molecule has 0 radical (unpaired) electrons. The van der Waals surface area contributed by atoms with Crippen LogP contribution >= 0.6 is 15.9 Å². The molecule has 1 amide bonds. The Balaban J connectivity index is 1.77. The molecule has 1 aromatic heterocycles. The van der Waals surface area contributed by atoms with Crippen molar-refractivity contribution in [2.75, 3.05) is 13.2 Å². The molecule has 0 spiro atoms. The van der Waals surface area contributed by atoms with E-state index in [0.717, 1.165) is 40.6 Å². The van der Waals surface area contributed by atoms with Crippen LogP contribution in [-0.2, 0) is 4.74 Å². The summed E-state index contributed by atoms with van der Waals surface area (Å²) in [6, 6.07) is 15.3. The third kappa shape index (κ3) is 4.18. The number of amides is 1. The maximum absolute atomic E-state index is 12.9. The highest BCUT2D eigenvalue weighted by Crippen LogP contribution is 2.21. The number of carbonyl (C=O) groups excluding carboxylic acids is 1. The molecule has 1 N–H and O–H groups in total. The monoisotopic (exact) mass is 440 g/mol. The second-order valence-corrected chi connectivity index (χ2v) is 7.81. The molecule has 1 aliphatic rings. The molecule has 1 atom stereocenters. The normalized spacial score (nSPS) is 17.2. The third-order valence-corrected chi connectivity index (χ3v) is 5.30. The van der Waals surface area contributed by atoms with Crippen LogP contribution in [0.4, 0.5) is 5.69 Å². The molecule has 4 rings (SSSR count). The number of rotatable bonds is 4. The molecular weight excluding hydrogens is 420 g/mol. The van der Waals surface area contributed by atoms with Crippen molar-refractivity contribution in [2.45, 2.75) is 25.9 Å². The Labute approximate surface area is 171 Å². The van der Waals surface area contributed by atoms with E-state index in [0.29, 0.717) is 23.2 Å². The summed E-state index contributed by atoms with van der Waals surface area (Å²) in [5.74, 6) is -0.214. The molecule has 1 unspecified atom stereocenters. The van der Waals surface area contributed by atoms with Crippen LogP contribution < -0.4 is 10.9 Å². The molecular formula is C22H21BrN2O3. The van der Waals surface area contributed by atoms with Crippen molar-refractivity contribution in [3.8, 4) is 0 Å². The molecule has 1 aliphatic heterocycles. The molecule has 0 bridgehead atoms. The van der Waals surface area contributed by atoms with Gasteiger partial charge >= 0.3 is 0 Å². The topological polar surface area (TPSA) is 63.8 Å². The van der Waals surface area contributed by atoms with Gasteiger partial charge in [0, 0.05) is 23.0 Å². The minimum Gasteiger partial charge on any atom is -0.438 e. The molecule has 2 aromatic carbocycles. The summed E-state index contributed by atoms with van der Waals surface area (Å²) in [6.07, 6.45) is 2.08. The van der Waals surface area contributed by atoms with E-state index in [-0.39, 0.29) is 12.0 Å².